The van der Waals surface area contributed by atoms with Crippen LogP contribution in [-0.2, 0) is 6.42 Å². The van der Waals surface area contributed by atoms with Gasteiger partial charge >= 0.3 is 0 Å². The first kappa shape index (κ1) is 12.8. The first-order valence-corrected chi connectivity index (χ1v) is 5.83. The smallest absolute Gasteiger partial charge is 0.0453 e. The highest BCUT2D eigenvalue weighted by Crippen LogP contribution is 2.22. The Morgan fingerprint density at radius 1 is 1.40 bits per heavy atom. The fraction of sp³-hybridized carbons (Fsp3) is 0.455. The maximum atomic E-state index is 6.08. The summed E-state index contributed by atoms with van der Waals surface area (Å²) < 4.78 is 0. The van der Waals surface area contributed by atoms with Gasteiger partial charge in [-0.15, -0.1) is 0 Å². The zero-order chi connectivity index (χ0) is 11.3. The van der Waals surface area contributed by atoms with E-state index in [1.807, 2.05) is 12.1 Å². The van der Waals surface area contributed by atoms with E-state index < -0.39 is 0 Å². The van der Waals surface area contributed by atoms with E-state index in [4.69, 9.17) is 29.0 Å². The predicted octanol–water partition coefficient (Wildman–Crippen LogP) is 3.17. The van der Waals surface area contributed by atoms with E-state index in [0.717, 1.165) is 24.8 Å². The molecule has 0 heterocycles. The molecule has 1 rings (SSSR count). The van der Waals surface area contributed by atoms with E-state index in [1.54, 1.807) is 6.07 Å². The molecule has 1 unspecified atom stereocenters. The van der Waals surface area contributed by atoms with Crippen LogP contribution < -0.4 is 11.3 Å². The Morgan fingerprint density at radius 3 is 2.67 bits per heavy atom. The normalized spacial score (nSPS) is 12.8. The van der Waals surface area contributed by atoms with Crippen LogP contribution in [0.1, 0.15) is 25.3 Å². The maximum absolute atomic E-state index is 6.08. The van der Waals surface area contributed by atoms with E-state index in [2.05, 4.69) is 12.3 Å². The van der Waals surface area contributed by atoms with Crippen LogP contribution in [0.25, 0.3) is 0 Å². The van der Waals surface area contributed by atoms with Crippen molar-refractivity contribution in [1.29, 1.82) is 0 Å². The molecule has 3 N–H and O–H groups in total. The van der Waals surface area contributed by atoms with Gasteiger partial charge in [0.25, 0.3) is 0 Å². The number of halogens is 2. The van der Waals surface area contributed by atoms with Crippen molar-refractivity contribution in [3.63, 3.8) is 0 Å². The lowest BCUT2D eigenvalue weighted by Crippen LogP contribution is -2.36. The van der Waals surface area contributed by atoms with E-state index in [-0.39, 0.29) is 6.04 Å². The Bertz CT molecular complexity index is 315. The topological polar surface area (TPSA) is 38.0 Å². The molecule has 0 aromatic heterocycles. The summed E-state index contributed by atoms with van der Waals surface area (Å²) in [6.45, 7) is 2.13. The fourth-order valence-corrected chi connectivity index (χ4v) is 2.03. The van der Waals surface area contributed by atoms with Gasteiger partial charge in [-0.05, 0) is 30.5 Å². The third-order valence-electron chi connectivity index (χ3n) is 2.35. The van der Waals surface area contributed by atoms with Gasteiger partial charge in [-0.2, -0.15) is 0 Å². The molecule has 0 radical (unpaired) electrons. The quantitative estimate of drug-likeness (QED) is 0.619. The maximum Gasteiger partial charge on any atom is 0.0453 e. The molecule has 1 atom stereocenters. The molecule has 4 heteroatoms. The first-order chi connectivity index (χ1) is 7.17. The van der Waals surface area contributed by atoms with Crippen LogP contribution in [0, 0.1) is 0 Å². The van der Waals surface area contributed by atoms with Crippen molar-refractivity contribution in [1.82, 2.24) is 5.43 Å². The van der Waals surface area contributed by atoms with Gasteiger partial charge in [0.1, 0.15) is 0 Å². The van der Waals surface area contributed by atoms with E-state index in [0.29, 0.717) is 10.0 Å². The van der Waals surface area contributed by atoms with Crippen molar-refractivity contribution >= 4 is 23.2 Å². The third kappa shape index (κ3) is 3.99. The second-order valence-corrected chi connectivity index (χ2v) is 4.44. The molecule has 1 aromatic carbocycles. The average Bonchev–Trinajstić information content (AvgIpc) is 2.21. The van der Waals surface area contributed by atoms with E-state index in [9.17, 15) is 0 Å². The molecule has 0 saturated carbocycles. The molecule has 0 aliphatic rings. The van der Waals surface area contributed by atoms with Gasteiger partial charge in [0.15, 0.2) is 0 Å². The lowest BCUT2D eigenvalue weighted by molar-refractivity contribution is 0.486. The van der Waals surface area contributed by atoms with Gasteiger partial charge in [-0.3, -0.25) is 11.3 Å². The standard InChI is InChI=1S/C11H16Cl2N2/c1-2-3-10(15-14)6-8-4-5-9(12)7-11(8)13/h4-5,7,10,15H,2-3,6,14H2,1H3. The summed E-state index contributed by atoms with van der Waals surface area (Å²) in [5, 5.41) is 1.37. The largest absolute Gasteiger partial charge is 0.271 e. The lowest BCUT2D eigenvalue weighted by Gasteiger charge is -2.15. The van der Waals surface area contributed by atoms with Crippen molar-refractivity contribution in [3.05, 3.63) is 33.8 Å². The Labute approximate surface area is 101 Å². The van der Waals surface area contributed by atoms with Gasteiger partial charge in [0.2, 0.25) is 0 Å². The van der Waals surface area contributed by atoms with Gasteiger partial charge in [-0.25, -0.2) is 0 Å². The monoisotopic (exact) mass is 246 g/mol. The molecule has 0 fully saturated rings. The number of benzene rings is 1. The first-order valence-electron chi connectivity index (χ1n) is 5.07. The number of rotatable bonds is 5. The van der Waals surface area contributed by atoms with Gasteiger partial charge in [0, 0.05) is 16.1 Å². The van der Waals surface area contributed by atoms with Crippen LogP contribution in [0.15, 0.2) is 18.2 Å². The van der Waals surface area contributed by atoms with E-state index in [1.165, 1.54) is 0 Å². The molecule has 0 saturated heterocycles. The van der Waals surface area contributed by atoms with Crippen LogP contribution in [-0.4, -0.2) is 6.04 Å². The second kappa shape index (κ2) is 6.33. The van der Waals surface area contributed by atoms with Gasteiger partial charge in [-0.1, -0.05) is 42.6 Å². The number of hydrogen-bond donors (Lipinski definition) is 2. The minimum atomic E-state index is 0.272. The highest BCUT2D eigenvalue weighted by molar-refractivity contribution is 6.35. The minimum Gasteiger partial charge on any atom is -0.271 e. The Morgan fingerprint density at radius 2 is 2.13 bits per heavy atom. The molecule has 0 bridgehead atoms. The summed E-state index contributed by atoms with van der Waals surface area (Å²) in [5.41, 5.74) is 3.88. The number of hydrazine groups is 1. The Balaban J connectivity index is 2.70. The van der Waals surface area contributed by atoms with Crippen molar-refractivity contribution < 1.29 is 0 Å². The number of nitrogens with two attached hydrogens (primary N) is 1. The summed E-state index contributed by atoms with van der Waals surface area (Å²) >= 11 is 11.9. The molecular formula is C11H16Cl2N2. The molecule has 2 nitrogen and oxygen atoms in total. The number of nitrogens with one attached hydrogen (secondary N) is 1. The van der Waals surface area contributed by atoms with Crippen LogP contribution in [0.5, 0.6) is 0 Å². The van der Waals surface area contributed by atoms with Gasteiger partial charge in [0.05, 0.1) is 0 Å². The molecule has 1 aromatic rings. The van der Waals surface area contributed by atoms with Crippen molar-refractivity contribution in [2.24, 2.45) is 5.84 Å². The molecule has 0 spiro atoms. The second-order valence-electron chi connectivity index (χ2n) is 3.59. The summed E-state index contributed by atoms with van der Waals surface area (Å²) in [4.78, 5) is 0. The SMILES string of the molecule is CCCC(Cc1ccc(Cl)cc1Cl)NN. The average molecular weight is 247 g/mol. The van der Waals surface area contributed by atoms with Crippen molar-refractivity contribution in [3.8, 4) is 0 Å². The van der Waals surface area contributed by atoms with Crippen LogP contribution >= 0.6 is 23.2 Å². The van der Waals surface area contributed by atoms with E-state index >= 15 is 0 Å². The third-order valence-corrected chi connectivity index (χ3v) is 2.94. The molecule has 84 valence electrons. The minimum absolute atomic E-state index is 0.272. The molecular weight excluding hydrogens is 231 g/mol. The van der Waals surface area contributed by atoms with Crippen molar-refractivity contribution in [2.45, 2.75) is 32.2 Å². The summed E-state index contributed by atoms with van der Waals surface area (Å²) in [6, 6.07) is 5.83. The molecule has 0 amide bonds. The summed E-state index contributed by atoms with van der Waals surface area (Å²) in [7, 11) is 0. The Hall–Kier alpha value is -0.280. The van der Waals surface area contributed by atoms with Gasteiger partial charge < -0.3 is 0 Å². The van der Waals surface area contributed by atoms with Crippen molar-refractivity contribution in [2.75, 3.05) is 0 Å². The predicted molar refractivity (Wildman–Crippen MR) is 66.2 cm³/mol. The molecule has 15 heavy (non-hydrogen) atoms. The van der Waals surface area contributed by atoms with Crippen LogP contribution in [0.3, 0.4) is 0 Å². The molecule has 0 aliphatic carbocycles. The Kier molecular flexibility index (Phi) is 5.40. The van der Waals surface area contributed by atoms with Crippen LogP contribution in [0.4, 0.5) is 0 Å². The van der Waals surface area contributed by atoms with Crippen LogP contribution in [0.2, 0.25) is 10.0 Å². The zero-order valence-corrected chi connectivity index (χ0v) is 10.3. The fourth-order valence-electron chi connectivity index (χ4n) is 1.55. The zero-order valence-electron chi connectivity index (χ0n) is 8.76. The highest BCUT2D eigenvalue weighted by atomic mass is 35.5. The summed E-state index contributed by atoms with van der Waals surface area (Å²) in [6.07, 6.45) is 2.97. The molecule has 0 aliphatic heterocycles. The highest BCUT2D eigenvalue weighted by Gasteiger charge is 2.09. The number of hydrogen-bond acceptors (Lipinski definition) is 2. The lowest BCUT2D eigenvalue weighted by atomic mass is 10.0. The summed E-state index contributed by atoms with van der Waals surface area (Å²) in [5.74, 6) is 5.47.